The van der Waals surface area contributed by atoms with Gasteiger partial charge in [0.25, 0.3) is 0 Å². The fourth-order valence-corrected chi connectivity index (χ4v) is 6.66. The van der Waals surface area contributed by atoms with Crippen LogP contribution in [0.4, 0.5) is 0 Å². The summed E-state index contributed by atoms with van der Waals surface area (Å²) in [6.07, 6.45) is 75.0. The number of carbonyl (C=O) groups excluding carboxylic acids is 2. The Kier molecular flexibility index (Phi) is 50.5. The zero-order valence-corrected chi connectivity index (χ0v) is 41.5. The molecular weight excluding hydrogens is 789 g/mol. The molecule has 0 spiro atoms. The van der Waals surface area contributed by atoms with Crippen LogP contribution in [0, 0.1) is 0 Å². The van der Waals surface area contributed by atoms with Gasteiger partial charge in [-0.05, 0) is 116 Å². The largest absolute Gasteiger partial charge is 0.462 e. The first-order chi connectivity index (χ1) is 31.6. The third-order valence-electron chi connectivity index (χ3n) is 10.4. The minimum Gasteiger partial charge on any atom is -0.462 e. The lowest BCUT2D eigenvalue weighted by atomic mass is 10.1. The summed E-state index contributed by atoms with van der Waals surface area (Å²) in [6.45, 7) is 7.44. The van der Waals surface area contributed by atoms with Gasteiger partial charge in [-0.25, -0.2) is 0 Å². The average molecular weight is 885 g/mol. The highest BCUT2D eigenvalue weighted by Gasteiger charge is 2.17. The first kappa shape index (κ1) is 60.3. The summed E-state index contributed by atoms with van der Waals surface area (Å²) in [6, 6.07) is 0. The van der Waals surface area contributed by atoms with Crippen LogP contribution in [0.25, 0.3) is 0 Å². The second-order valence-corrected chi connectivity index (χ2v) is 16.7. The Hall–Kier alpha value is -3.70. The molecule has 0 aliphatic rings. The average Bonchev–Trinajstić information content (AvgIpc) is 3.30. The molecule has 362 valence electrons. The molecule has 0 heterocycles. The minimum atomic E-state index is -0.578. The Balaban J connectivity index is 4.42. The number of ether oxygens (including phenoxy) is 3. The second-order valence-electron chi connectivity index (χ2n) is 16.7. The van der Waals surface area contributed by atoms with Gasteiger partial charge in [0, 0.05) is 19.4 Å². The lowest BCUT2D eigenvalue weighted by Crippen LogP contribution is -2.30. The molecule has 1 unspecified atom stereocenters. The number of allylic oxidation sites excluding steroid dienone is 20. The third-order valence-corrected chi connectivity index (χ3v) is 10.4. The van der Waals surface area contributed by atoms with Gasteiger partial charge in [0.15, 0.2) is 6.10 Å². The lowest BCUT2D eigenvalue weighted by molar-refractivity contribution is -0.163. The Morgan fingerprint density at radius 1 is 0.359 bits per heavy atom. The van der Waals surface area contributed by atoms with Crippen LogP contribution in [0.5, 0.6) is 0 Å². The molecule has 0 fully saturated rings. The van der Waals surface area contributed by atoms with E-state index < -0.39 is 6.10 Å². The molecule has 5 heteroatoms. The van der Waals surface area contributed by atoms with E-state index in [0.717, 1.165) is 116 Å². The number of esters is 2. The first-order valence-corrected chi connectivity index (χ1v) is 26.1. The molecule has 0 aromatic carbocycles. The van der Waals surface area contributed by atoms with E-state index in [1.807, 2.05) is 0 Å². The lowest BCUT2D eigenvalue weighted by Gasteiger charge is -2.18. The Bertz CT molecular complexity index is 1320. The topological polar surface area (TPSA) is 61.8 Å². The maximum Gasteiger partial charge on any atom is 0.306 e. The Morgan fingerprint density at radius 3 is 1.17 bits per heavy atom. The normalized spacial score (nSPS) is 13.2. The molecule has 0 aliphatic heterocycles. The fraction of sp³-hybridized carbons (Fsp3) is 0.627. The molecule has 0 bridgehead atoms. The van der Waals surface area contributed by atoms with Gasteiger partial charge in [-0.15, -0.1) is 0 Å². The second kappa shape index (κ2) is 53.6. The van der Waals surface area contributed by atoms with Crippen LogP contribution in [-0.4, -0.2) is 37.9 Å². The quantitative estimate of drug-likeness (QED) is 0.0346. The molecule has 1 atom stereocenters. The zero-order valence-electron chi connectivity index (χ0n) is 41.5. The summed E-state index contributed by atoms with van der Waals surface area (Å²) in [5, 5.41) is 0. The summed E-state index contributed by atoms with van der Waals surface area (Å²) in [7, 11) is 0. The standard InChI is InChI=1S/C59H96O5/c1-4-7-10-13-16-19-22-25-28-30-32-34-37-40-43-46-49-52-58(60)63-56-57(55-62-54-51-48-45-42-39-36-27-24-21-18-15-12-9-6-3)64-59(61)53-50-47-44-41-38-35-33-31-29-26-23-20-17-14-11-8-5-2/h7-8,10-12,15-17,19-21,24-26,28-29,32,34,40,43,57H,4-6,9,13-14,18,22-23,27,30-31,33,35-39,41-42,44-56H2,1-3H3/b10-7-,11-8-,15-12-,19-16-,20-17-,24-21-,28-25-,29-26-,34-32-,43-40-. The molecular formula is C59H96O5. The van der Waals surface area contributed by atoms with Gasteiger partial charge in [0.2, 0.25) is 0 Å². The highest BCUT2D eigenvalue weighted by molar-refractivity contribution is 5.70. The summed E-state index contributed by atoms with van der Waals surface area (Å²) in [4.78, 5) is 25.4. The van der Waals surface area contributed by atoms with Crippen molar-refractivity contribution in [1.29, 1.82) is 0 Å². The number of rotatable bonds is 46. The summed E-state index contributed by atoms with van der Waals surface area (Å²) in [5.74, 6) is -0.489. The van der Waals surface area contributed by atoms with Crippen molar-refractivity contribution < 1.29 is 23.8 Å². The van der Waals surface area contributed by atoms with Gasteiger partial charge in [0.05, 0.1) is 6.61 Å². The van der Waals surface area contributed by atoms with Crippen LogP contribution >= 0.6 is 0 Å². The van der Waals surface area contributed by atoms with Crippen molar-refractivity contribution in [3.05, 3.63) is 122 Å². The molecule has 0 aromatic heterocycles. The van der Waals surface area contributed by atoms with Gasteiger partial charge < -0.3 is 14.2 Å². The van der Waals surface area contributed by atoms with Crippen LogP contribution in [0.15, 0.2) is 122 Å². The van der Waals surface area contributed by atoms with Crippen molar-refractivity contribution in [2.75, 3.05) is 19.8 Å². The SMILES string of the molecule is CC/C=C\C/C=C\C/C=C\C/C=C\C/C=C\CCCC(=O)OCC(COCCCCCCCC/C=C\C/C=C\CCC)OC(=O)CCCCCCCCC/C=C\C/C=C\C/C=C\CC. The number of unbranched alkanes of at least 4 members (excludes halogenated alkanes) is 15. The van der Waals surface area contributed by atoms with E-state index in [4.69, 9.17) is 14.2 Å². The molecule has 0 radical (unpaired) electrons. The van der Waals surface area contributed by atoms with Crippen LogP contribution in [0.1, 0.15) is 213 Å². The van der Waals surface area contributed by atoms with E-state index in [9.17, 15) is 9.59 Å². The van der Waals surface area contributed by atoms with Crippen molar-refractivity contribution in [2.24, 2.45) is 0 Å². The van der Waals surface area contributed by atoms with Gasteiger partial charge in [-0.1, -0.05) is 206 Å². The molecule has 64 heavy (non-hydrogen) atoms. The summed E-state index contributed by atoms with van der Waals surface area (Å²) < 4.78 is 17.3. The molecule has 0 saturated carbocycles. The monoisotopic (exact) mass is 885 g/mol. The molecule has 0 amide bonds. The van der Waals surface area contributed by atoms with Gasteiger partial charge in [-0.3, -0.25) is 9.59 Å². The van der Waals surface area contributed by atoms with E-state index in [0.29, 0.717) is 19.4 Å². The highest BCUT2D eigenvalue weighted by atomic mass is 16.6. The highest BCUT2D eigenvalue weighted by Crippen LogP contribution is 2.13. The smallest absolute Gasteiger partial charge is 0.306 e. The summed E-state index contributed by atoms with van der Waals surface area (Å²) >= 11 is 0. The fourth-order valence-electron chi connectivity index (χ4n) is 6.66. The maximum absolute atomic E-state index is 12.8. The van der Waals surface area contributed by atoms with E-state index in [-0.39, 0.29) is 25.2 Å². The number of hydrogen-bond acceptors (Lipinski definition) is 5. The molecule has 0 rings (SSSR count). The minimum absolute atomic E-state index is 0.0399. The Labute approximate surface area is 395 Å². The first-order valence-electron chi connectivity index (χ1n) is 26.1. The Morgan fingerprint density at radius 2 is 0.719 bits per heavy atom. The van der Waals surface area contributed by atoms with Crippen molar-refractivity contribution >= 4 is 11.9 Å². The van der Waals surface area contributed by atoms with Gasteiger partial charge >= 0.3 is 11.9 Å². The van der Waals surface area contributed by atoms with Crippen molar-refractivity contribution in [3.63, 3.8) is 0 Å². The van der Waals surface area contributed by atoms with E-state index in [1.54, 1.807) is 0 Å². The van der Waals surface area contributed by atoms with E-state index in [1.165, 1.54) is 64.2 Å². The van der Waals surface area contributed by atoms with Crippen LogP contribution in [0.3, 0.4) is 0 Å². The molecule has 0 aromatic rings. The predicted molar refractivity (Wildman–Crippen MR) is 279 cm³/mol. The zero-order chi connectivity index (χ0) is 46.3. The van der Waals surface area contributed by atoms with E-state index in [2.05, 4.69) is 142 Å². The predicted octanol–water partition coefficient (Wildman–Crippen LogP) is 17.8. The van der Waals surface area contributed by atoms with Crippen molar-refractivity contribution in [1.82, 2.24) is 0 Å². The number of hydrogen-bond donors (Lipinski definition) is 0. The number of carbonyl (C=O) groups is 2. The van der Waals surface area contributed by atoms with Gasteiger partial charge in [-0.2, -0.15) is 0 Å². The molecule has 0 N–H and O–H groups in total. The van der Waals surface area contributed by atoms with E-state index >= 15 is 0 Å². The van der Waals surface area contributed by atoms with Crippen molar-refractivity contribution in [2.45, 2.75) is 219 Å². The van der Waals surface area contributed by atoms with Gasteiger partial charge in [0.1, 0.15) is 6.61 Å². The molecule has 5 nitrogen and oxygen atoms in total. The van der Waals surface area contributed by atoms with Crippen LogP contribution < -0.4 is 0 Å². The van der Waals surface area contributed by atoms with Crippen molar-refractivity contribution in [3.8, 4) is 0 Å². The van der Waals surface area contributed by atoms with Crippen LogP contribution in [-0.2, 0) is 23.8 Å². The third kappa shape index (κ3) is 50.9. The molecule has 0 aliphatic carbocycles. The summed E-state index contributed by atoms with van der Waals surface area (Å²) in [5.41, 5.74) is 0. The van der Waals surface area contributed by atoms with Crippen LogP contribution in [0.2, 0.25) is 0 Å². The maximum atomic E-state index is 12.8. The molecule has 0 saturated heterocycles.